The molecule has 1 aromatic carbocycles. The minimum atomic E-state index is -5.23. The molecule has 32 heavy (non-hydrogen) atoms. The zero-order valence-corrected chi connectivity index (χ0v) is 18.7. The summed E-state index contributed by atoms with van der Waals surface area (Å²) in [6.07, 6.45) is -5.27. The van der Waals surface area contributed by atoms with E-state index in [2.05, 4.69) is 0 Å². The zero-order chi connectivity index (χ0) is 24.1. The van der Waals surface area contributed by atoms with Gasteiger partial charge in [0.1, 0.15) is 5.75 Å². The Labute approximate surface area is 184 Å². The fourth-order valence-corrected chi connectivity index (χ4v) is 4.45. The van der Waals surface area contributed by atoms with Gasteiger partial charge in [-0.05, 0) is 29.9 Å². The van der Waals surface area contributed by atoms with Crippen molar-refractivity contribution < 1.29 is 32.3 Å². The molecular weight excluding hydrogens is 425 g/mol. The molecule has 174 valence electrons. The van der Waals surface area contributed by atoms with Crippen molar-refractivity contribution in [3.05, 3.63) is 41.1 Å². The lowest BCUT2D eigenvalue weighted by molar-refractivity contribution is -0.190. The van der Waals surface area contributed by atoms with Crippen LogP contribution in [0, 0.1) is 11.3 Å². The molecule has 0 unspecified atom stereocenters. The molecule has 1 aliphatic carbocycles. The third-order valence-corrected chi connectivity index (χ3v) is 5.74. The van der Waals surface area contributed by atoms with Crippen LogP contribution in [0.25, 0.3) is 0 Å². The zero-order valence-electron chi connectivity index (χ0n) is 18.7. The number of halogens is 3. The van der Waals surface area contributed by atoms with Crippen LogP contribution in [0.5, 0.6) is 5.75 Å². The molecule has 0 radical (unpaired) electrons. The van der Waals surface area contributed by atoms with Gasteiger partial charge in [0.25, 0.3) is 11.8 Å². The van der Waals surface area contributed by atoms with E-state index in [0.717, 1.165) is 4.90 Å². The van der Waals surface area contributed by atoms with Crippen molar-refractivity contribution in [2.24, 2.45) is 11.3 Å². The summed E-state index contributed by atoms with van der Waals surface area (Å²) in [7, 11) is 1.28. The Morgan fingerprint density at radius 3 is 2.38 bits per heavy atom. The van der Waals surface area contributed by atoms with E-state index in [-0.39, 0.29) is 42.3 Å². The van der Waals surface area contributed by atoms with Crippen LogP contribution in [-0.4, -0.2) is 47.9 Å². The van der Waals surface area contributed by atoms with Gasteiger partial charge in [0.05, 0.1) is 18.2 Å². The van der Waals surface area contributed by atoms with Gasteiger partial charge in [-0.1, -0.05) is 39.8 Å². The number of methoxy groups -OCH3 is 1. The maximum absolute atomic E-state index is 14.7. The number of hydrogen-bond acceptors (Lipinski definition) is 4. The highest BCUT2D eigenvalue weighted by Crippen LogP contribution is 2.52. The van der Waals surface area contributed by atoms with Gasteiger partial charge in [0.15, 0.2) is 5.78 Å². The number of Topliss-reactive ketones (excluding diaryl/α,β-unsaturated/α-hetero) is 1. The third-order valence-electron chi connectivity index (χ3n) is 5.74. The molecule has 1 aliphatic heterocycles. The summed E-state index contributed by atoms with van der Waals surface area (Å²) in [5.74, 6) is -3.38. The van der Waals surface area contributed by atoms with Crippen molar-refractivity contribution in [2.75, 3.05) is 13.7 Å². The quantitative estimate of drug-likeness (QED) is 0.736. The van der Waals surface area contributed by atoms with E-state index in [4.69, 9.17) is 4.74 Å². The Balaban J connectivity index is 2.21. The second kappa shape index (κ2) is 7.94. The average Bonchev–Trinajstić information content (AvgIpc) is 2.89. The molecule has 0 saturated heterocycles. The van der Waals surface area contributed by atoms with E-state index in [1.165, 1.54) is 25.3 Å². The molecule has 2 aliphatic rings. The summed E-state index contributed by atoms with van der Waals surface area (Å²) in [4.78, 5) is 40.5. The van der Waals surface area contributed by atoms with E-state index in [1.807, 2.05) is 5.32 Å². The number of allylic oxidation sites excluding steroid dienone is 1. The molecule has 1 heterocycles. The maximum Gasteiger partial charge on any atom is 0.425 e. The summed E-state index contributed by atoms with van der Waals surface area (Å²) in [5.41, 5.74) is -4.84. The first-order valence-electron chi connectivity index (χ1n) is 10.4. The molecule has 0 aromatic heterocycles. The second-order valence-electron chi connectivity index (χ2n) is 9.47. The summed E-state index contributed by atoms with van der Waals surface area (Å²) in [5, 5.41) is 1.92. The number of alkyl halides is 3. The number of para-hydroxylation sites is 1. The molecule has 0 spiro atoms. The number of nitrogens with zero attached hydrogens (tertiary/aromatic N) is 1. The number of carbonyl (C=O) groups is 3. The predicted molar refractivity (Wildman–Crippen MR) is 111 cm³/mol. The van der Waals surface area contributed by atoms with Crippen LogP contribution >= 0.6 is 0 Å². The lowest BCUT2D eigenvalue weighted by Gasteiger charge is -2.35. The van der Waals surface area contributed by atoms with Gasteiger partial charge in [-0.3, -0.25) is 14.4 Å². The smallest absolute Gasteiger partial charge is 0.425 e. The standard InChI is InChI=1S/C23H27F3N2O4/c1-13(2)12-28-15-10-21(3,4)11-16(29)18(15)22(20(28)31,23(24,25)26)27-19(30)14-8-6-7-9-17(14)32-5/h6-9,13H,10-12H2,1-5H3,(H,27,30)/t22-/m0/s1. The highest BCUT2D eigenvalue weighted by Gasteiger charge is 2.71. The molecule has 6 nitrogen and oxygen atoms in total. The Hall–Kier alpha value is -2.84. The van der Waals surface area contributed by atoms with E-state index in [1.54, 1.807) is 33.8 Å². The Bertz CT molecular complexity index is 997. The third kappa shape index (κ3) is 3.78. The highest BCUT2D eigenvalue weighted by atomic mass is 19.4. The van der Waals surface area contributed by atoms with Crippen molar-refractivity contribution in [2.45, 2.75) is 52.3 Å². The predicted octanol–water partition coefficient (Wildman–Crippen LogP) is 3.87. The molecule has 1 N–H and O–H groups in total. The molecular formula is C23H27F3N2O4. The minimum absolute atomic E-state index is 0.00336. The van der Waals surface area contributed by atoms with Crippen molar-refractivity contribution in [3.63, 3.8) is 0 Å². The first kappa shape index (κ1) is 23.8. The molecule has 2 amide bonds. The fraction of sp³-hybridized carbons (Fsp3) is 0.522. The van der Waals surface area contributed by atoms with E-state index in [9.17, 15) is 27.6 Å². The van der Waals surface area contributed by atoms with E-state index in [0.29, 0.717) is 0 Å². The molecule has 9 heteroatoms. The topological polar surface area (TPSA) is 75.7 Å². The SMILES string of the molecule is COc1ccccc1C(=O)N[C@]1(C(F)(F)F)C(=O)N(CC(C)C)C2=C1C(=O)CC(C)(C)C2. The largest absolute Gasteiger partial charge is 0.496 e. The summed E-state index contributed by atoms with van der Waals surface area (Å²) < 4.78 is 49.2. The first-order chi connectivity index (χ1) is 14.7. The van der Waals surface area contributed by atoms with Crippen LogP contribution in [-0.2, 0) is 9.59 Å². The number of hydrogen-bond donors (Lipinski definition) is 1. The molecule has 1 atom stereocenters. The second-order valence-corrected chi connectivity index (χ2v) is 9.47. The highest BCUT2D eigenvalue weighted by molar-refractivity contribution is 6.14. The minimum Gasteiger partial charge on any atom is -0.496 e. The number of carbonyl (C=O) groups excluding carboxylic acids is 3. The molecule has 0 bridgehead atoms. The first-order valence-corrected chi connectivity index (χ1v) is 10.4. The average molecular weight is 452 g/mol. The van der Waals surface area contributed by atoms with E-state index >= 15 is 0 Å². The van der Waals surface area contributed by atoms with Crippen LogP contribution < -0.4 is 10.1 Å². The van der Waals surface area contributed by atoms with Crippen molar-refractivity contribution in [1.82, 2.24) is 10.2 Å². The van der Waals surface area contributed by atoms with Crippen LogP contribution in [0.4, 0.5) is 13.2 Å². The van der Waals surface area contributed by atoms with Crippen LogP contribution in [0.1, 0.15) is 50.9 Å². The van der Waals surface area contributed by atoms with Gasteiger partial charge < -0.3 is 15.0 Å². The maximum atomic E-state index is 14.7. The Morgan fingerprint density at radius 2 is 1.81 bits per heavy atom. The molecule has 0 fully saturated rings. The number of benzene rings is 1. The Morgan fingerprint density at radius 1 is 1.19 bits per heavy atom. The molecule has 0 saturated carbocycles. The van der Waals surface area contributed by atoms with Crippen LogP contribution in [0.3, 0.4) is 0 Å². The Kier molecular flexibility index (Phi) is 5.91. The van der Waals surface area contributed by atoms with Crippen molar-refractivity contribution in [3.8, 4) is 5.75 Å². The van der Waals surface area contributed by atoms with Crippen molar-refractivity contribution in [1.29, 1.82) is 0 Å². The molecule has 1 aromatic rings. The number of nitrogens with one attached hydrogen (secondary N) is 1. The number of amides is 2. The number of rotatable bonds is 5. The van der Waals surface area contributed by atoms with Crippen molar-refractivity contribution >= 4 is 17.6 Å². The summed E-state index contributed by atoms with van der Waals surface area (Å²) >= 11 is 0. The molecule has 3 rings (SSSR count). The van der Waals surface area contributed by atoms with E-state index < -0.39 is 40.3 Å². The fourth-order valence-electron chi connectivity index (χ4n) is 4.45. The normalized spacial score (nSPS) is 23.0. The van der Waals surface area contributed by atoms with Gasteiger partial charge in [0.2, 0.25) is 5.54 Å². The lowest BCUT2D eigenvalue weighted by Crippen LogP contribution is -2.66. The number of ether oxygens (including phenoxy) is 1. The summed E-state index contributed by atoms with van der Waals surface area (Å²) in [6, 6.07) is 5.76. The van der Waals surface area contributed by atoms with Gasteiger partial charge in [-0.25, -0.2) is 0 Å². The van der Waals surface area contributed by atoms with Gasteiger partial charge in [-0.15, -0.1) is 0 Å². The monoisotopic (exact) mass is 452 g/mol. The summed E-state index contributed by atoms with van der Waals surface area (Å²) in [6.45, 7) is 7.08. The van der Waals surface area contributed by atoms with Crippen LogP contribution in [0.15, 0.2) is 35.5 Å². The van der Waals surface area contributed by atoms with Gasteiger partial charge in [-0.2, -0.15) is 13.2 Å². The van der Waals surface area contributed by atoms with Gasteiger partial charge >= 0.3 is 6.18 Å². The number of ketones is 1. The van der Waals surface area contributed by atoms with Crippen LogP contribution in [0.2, 0.25) is 0 Å². The van der Waals surface area contributed by atoms with Gasteiger partial charge in [0, 0.05) is 18.7 Å². The lowest BCUT2D eigenvalue weighted by atomic mass is 9.72.